The zero-order valence-corrected chi connectivity index (χ0v) is 7.97. The van der Waals surface area contributed by atoms with E-state index < -0.39 is 5.97 Å². The Hall–Kier alpha value is -1.35. The Bertz CT molecular complexity index is 195. The van der Waals surface area contributed by atoms with Crippen molar-refractivity contribution in [1.82, 2.24) is 4.90 Å². The number of hydrogen-bond acceptors (Lipinski definition) is 2. The number of carbonyl (C=O) groups is 1. The molecule has 0 heterocycles. The Morgan fingerprint density at radius 1 is 1.08 bits per heavy atom. The van der Waals surface area contributed by atoms with Crippen LogP contribution in [0.15, 0.2) is 36.4 Å². The van der Waals surface area contributed by atoms with Crippen LogP contribution in [-0.4, -0.2) is 36.6 Å². The van der Waals surface area contributed by atoms with E-state index in [9.17, 15) is 4.79 Å². The summed E-state index contributed by atoms with van der Waals surface area (Å²) < 4.78 is 0. The van der Waals surface area contributed by atoms with Gasteiger partial charge in [0.2, 0.25) is 0 Å². The first kappa shape index (κ1) is 11.6. The van der Waals surface area contributed by atoms with E-state index in [0.717, 1.165) is 0 Å². The van der Waals surface area contributed by atoms with Crippen molar-refractivity contribution in [3.8, 4) is 0 Å². The SMILES string of the molecule is CN(C)CC(=O)O.c1ccccc1. The van der Waals surface area contributed by atoms with Gasteiger partial charge in [0, 0.05) is 0 Å². The maximum Gasteiger partial charge on any atom is 0.317 e. The predicted octanol–water partition coefficient (Wildman–Crippen LogP) is 1.32. The normalized spacial score (nSPS) is 8.85. The molecular weight excluding hydrogens is 166 g/mol. The first-order valence-electron chi connectivity index (χ1n) is 3.99. The maximum absolute atomic E-state index is 9.77. The summed E-state index contributed by atoms with van der Waals surface area (Å²) in [5.74, 6) is -0.787. The molecule has 0 bridgehead atoms. The molecule has 0 saturated carbocycles. The fraction of sp³-hybridized carbons (Fsp3) is 0.300. The molecule has 1 rings (SSSR count). The van der Waals surface area contributed by atoms with Gasteiger partial charge in [-0.1, -0.05) is 36.4 Å². The second-order valence-electron chi connectivity index (χ2n) is 2.79. The van der Waals surface area contributed by atoms with E-state index in [2.05, 4.69) is 0 Å². The number of rotatable bonds is 2. The highest BCUT2D eigenvalue weighted by molar-refractivity contribution is 5.68. The zero-order chi connectivity index (χ0) is 10.1. The molecular formula is C10H15NO2. The van der Waals surface area contributed by atoms with E-state index >= 15 is 0 Å². The van der Waals surface area contributed by atoms with Crippen LogP contribution in [0, 0.1) is 0 Å². The summed E-state index contributed by atoms with van der Waals surface area (Å²) in [5.41, 5.74) is 0. The largest absolute Gasteiger partial charge is 0.480 e. The molecule has 0 spiro atoms. The highest BCUT2D eigenvalue weighted by atomic mass is 16.4. The van der Waals surface area contributed by atoms with E-state index in [1.54, 1.807) is 19.0 Å². The molecule has 1 N–H and O–H groups in total. The Morgan fingerprint density at radius 3 is 1.46 bits per heavy atom. The van der Waals surface area contributed by atoms with Crippen molar-refractivity contribution in [3.63, 3.8) is 0 Å². The third-order valence-electron chi connectivity index (χ3n) is 1.12. The van der Waals surface area contributed by atoms with Gasteiger partial charge in [-0.2, -0.15) is 0 Å². The van der Waals surface area contributed by atoms with E-state index in [4.69, 9.17) is 5.11 Å². The topological polar surface area (TPSA) is 40.5 Å². The average molecular weight is 181 g/mol. The molecule has 0 radical (unpaired) electrons. The van der Waals surface area contributed by atoms with Crippen molar-refractivity contribution >= 4 is 5.97 Å². The summed E-state index contributed by atoms with van der Waals surface area (Å²) in [5, 5.41) is 8.04. The minimum absolute atomic E-state index is 0.111. The Morgan fingerprint density at radius 2 is 1.38 bits per heavy atom. The van der Waals surface area contributed by atoms with Crippen LogP contribution in [0.2, 0.25) is 0 Å². The van der Waals surface area contributed by atoms with Crippen LogP contribution in [0.25, 0.3) is 0 Å². The lowest BCUT2D eigenvalue weighted by Crippen LogP contribution is -2.20. The number of carboxylic acids is 1. The van der Waals surface area contributed by atoms with Gasteiger partial charge in [-0.15, -0.1) is 0 Å². The Labute approximate surface area is 78.6 Å². The molecule has 13 heavy (non-hydrogen) atoms. The first-order valence-corrected chi connectivity index (χ1v) is 3.99. The molecule has 0 amide bonds. The standard InChI is InChI=1S/C6H6.C4H9NO2/c1-2-4-6-5-3-1;1-5(2)3-4(6)7/h1-6H;3H2,1-2H3,(H,6,7). The Kier molecular flexibility index (Phi) is 6.55. The van der Waals surface area contributed by atoms with E-state index in [-0.39, 0.29) is 6.54 Å². The predicted molar refractivity (Wildman–Crippen MR) is 52.6 cm³/mol. The minimum Gasteiger partial charge on any atom is -0.480 e. The van der Waals surface area contributed by atoms with Gasteiger partial charge in [0.25, 0.3) is 0 Å². The quantitative estimate of drug-likeness (QED) is 0.748. The first-order chi connectivity index (χ1) is 6.13. The lowest BCUT2D eigenvalue weighted by Gasteiger charge is -2.01. The highest BCUT2D eigenvalue weighted by Gasteiger charge is 1.94. The fourth-order valence-electron chi connectivity index (χ4n) is 0.655. The van der Waals surface area contributed by atoms with Crippen molar-refractivity contribution in [3.05, 3.63) is 36.4 Å². The molecule has 0 aromatic heterocycles. The lowest BCUT2D eigenvalue weighted by molar-refractivity contribution is -0.137. The van der Waals surface area contributed by atoms with E-state index in [0.29, 0.717) is 0 Å². The molecule has 0 fully saturated rings. The number of hydrogen-bond donors (Lipinski definition) is 1. The van der Waals surface area contributed by atoms with Crippen molar-refractivity contribution in [2.45, 2.75) is 0 Å². The van der Waals surface area contributed by atoms with Gasteiger partial charge in [0.15, 0.2) is 0 Å². The van der Waals surface area contributed by atoms with Gasteiger partial charge in [-0.25, -0.2) is 0 Å². The average Bonchev–Trinajstić information content (AvgIpc) is 2.06. The van der Waals surface area contributed by atoms with Gasteiger partial charge < -0.3 is 5.11 Å². The van der Waals surface area contributed by atoms with Crippen LogP contribution >= 0.6 is 0 Å². The number of nitrogens with zero attached hydrogens (tertiary/aromatic N) is 1. The number of aliphatic carboxylic acids is 1. The van der Waals surface area contributed by atoms with Crippen LogP contribution in [0.1, 0.15) is 0 Å². The van der Waals surface area contributed by atoms with Gasteiger partial charge in [-0.05, 0) is 14.1 Å². The molecule has 0 aliphatic rings. The molecule has 0 atom stereocenters. The Balaban J connectivity index is 0.000000223. The van der Waals surface area contributed by atoms with Crippen LogP contribution < -0.4 is 0 Å². The van der Waals surface area contributed by atoms with Gasteiger partial charge in [-0.3, -0.25) is 9.69 Å². The molecule has 0 aliphatic carbocycles. The van der Waals surface area contributed by atoms with Gasteiger partial charge >= 0.3 is 5.97 Å². The molecule has 0 aliphatic heterocycles. The molecule has 0 saturated heterocycles. The van der Waals surface area contributed by atoms with E-state index in [1.165, 1.54) is 0 Å². The third-order valence-corrected chi connectivity index (χ3v) is 1.12. The van der Waals surface area contributed by atoms with E-state index in [1.807, 2.05) is 36.4 Å². The highest BCUT2D eigenvalue weighted by Crippen LogP contribution is 1.79. The number of carboxylic acid groups (broad SMARTS) is 1. The van der Waals surface area contributed by atoms with Crippen molar-refractivity contribution < 1.29 is 9.90 Å². The van der Waals surface area contributed by atoms with Crippen LogP contribution in [0.5, 0.6) is 0 Å². The van der Waals surface area contributed by atoms with Crippen LogP contribution in [-0.2, 0) is 4.79 Å². The summed E-state index contributed by atoms with van der Waals surface area (Å²) in [4.78, 5) is 11.4. The summed E-state index contributed by atoms with van der Waals surface area (Å²) >= 11 is 0. The zero-order valence-electron chi connectivity index (χ0n) is 7.97. The second kappa shape index (κ2) is 7.31. The molecule has 3 heteroatoms. The molecule has 3 nitrogen and oxygen atoms in total. The van der Waals surface area contributed by atoms with Crippen molar-refractivity contribution in [2.75, 3.05) is 20.6 Å². The van der Waals surface area contributed by atoms with Crippen LogP contribution in [0.3, 0.4) is 0 Å². The monoisotopic (exact) mass is 181 g/mol. The summed E-state index contributed by atoms with van der Waals surface area (Å²) in [7, 11) is 3.43. The van der Waals surface area contributed by atoms with Crippen molar-refractivity contribution in [2.24, 2.45) is 0 Å². The summed E-state index contributed by atoms with van der Waals surface area (Å²) in [6.45, 7) is 0.111. The van der Waals surface area contributed by atoms with Gasteiger partial charge in [0.1, 0.15) is 0 Å². The summed E-state index contributed by atoms with van der Waals surface area (Å²) in [6, 6.07) is 12.0. The van der Waals surface area contributed by atoms with Gasteiger partial charge in [0.05, 0.1) is 6.54 Å². The second-order valence-corrected chi connectivity index (χ2v) is 2.79. The van der Waals surface area contributed by atoms with Crippen molar-refractivity contribution in [1.29, 1.82) is 0 Å². The molecule has 1 aromatic rings. The smallest absolute Gasteiger partial charge is 0.317 e. The van der Waals surface area contributed by atoms with Crippen LogP contribution in [0.4, 0.5) is 0 Å². The number of likely N-dealkylation sites (N-methyl/N-ethyl adjacent to an activating group) is 1. The maximum atomic E-state index is 9.77. The molecule has 0 unspecified atom stereocenters. The lowest BCUT2D eigenvalue weighted by atomic mass is 10.4. The number of benzene rings is 1. The third kappa shape index (κ3) is 10.7. The summed E-state index contributed by atoms with van der Waals surface area (Å²) in [6.07, 6.45) is 0. The fourth-order valence-corrected chi connectivity index (χ4v) is 0.655. The molecule has 1 aromatic carbocycles. The molecule has 72 valence electrons. The minimum atomic E-state index is -0.787.